The third kappa shape index (κ3) is 5.62. The van der Waals surface area contributed by atoms with Crippen molar-refractivity contribution in [1.82, 2.24) is 9.29 Å². The van der Waals surface area contributed by atoms with Gasteiger partial charge in [-0.05, 0) is 44.0 Å². The summed E-state index contributed by atoms with van der Waals surface area (Å²) in [4.78, 5) is 30.1. The number of thiazole rings is 1. The number of halogens is 1. The van der Waals surface area contributed by atoms with E-state index in [1.807, 2.05) is 6.92 Å². The SMILES string of the molecule is CCN(C(C)=O)c1nc(COC(=O)C2CCN(S(=O)(=O)c3ccc(Cl)cc3)CC2)cs1. The summed E-state index contributed by atoms with van der Waals surface area (Å²) in [6.07, 6.45) is 0.782. The number of esters is 1. The van der Waals surface area contributed by atoms with Crippen molar-refractivity contribution in [2.45, 2.75) is 38.2 Å². The molecule has 0 saturated carbocycles. The second-order valence-electron chi connectivity index (χ2n) is 7.12. The minimum Gasteiger partial charge on any atom is -0.459 e. The maximum Gasteiger partial charge on any atom is 0.309 e. The Morgan fingerprint density at radius 3 is 2.48 bits per heavy atom. The molecule has 2 heterocycles. The minimum atomic E-state index is -3.62. The highest BCUT2D eigenvalue weighted by Crippen LogP contribution is 2.26. The van der Waals surface area contributed by atoms with Gasteiger partial charge < -0.3 is 4.74 Å². The van der Waals surface area contributed by atoms with E-state index in [4.69, 9.17) is 16.3 Å². The molecule has 1 amide bonds. The summed E-state index contributed by atoms with van der Waals surface area (Å²) in [6, 6.07) is 6.04. The first-order valence-electron chi connectivity index (χ1n) is 9.87. The van der Waals surface area contributed by atoms with Crippen LogP contribution < -0.4 is 4.90 Å². The summed E-state index contributed by atoms with van der Waals surface area (Å²) < 4.78 is 32.3. The van der Waals surface area contributed by atoms with Crippen LogP contribution in [0.5, 0.6) is 0 Å². The number of anilines is 1. The number of piperidine rings is 1. The predicted molar refractivity (Wildman–Crippen MR) is 119 cm³/mol. The van der Waals surface area contributed by atoms with Crippen molar-refractivity contribution in [1.29, 1.82) is 0 Å². The highest BCUT2D eigenvalue weighted by Gasteiger charge is 2.32. The number of benzene rings is 1. The number of ether oxygens (including phenoxy) is 1. The third-order valence-corrected chi connectivity index (χ3v) is 8.15. The van der Waals surface area contributed by atoms with Crippen LogP contribution in [0.3, 0.4) is 0 Å². The molecular weight excluding hydrogens is 462 g/mol. The van der Waals surface area contributed by atoms with E-state index in [-0.39, 0.29) is 42.4 Å². The molecule has 1 saturated heterocycles. The lowest BCUT2D eigenvalue weighted by atomic mass is 9.98. The number of rotatable bonds is 7. The Morgan fingerprint density at radius 2 is 1.90 bits per heavy atom. The largest absolute Gasteiger partial charge is 0.459 e. The molecule has 11 heteroatoms. The van der Waals surface area contributed by atoms with E-state index >= 15 is 0 Å². The number of amides is 1. The van der Waals surface area contributed by atoms with Crippen LogP contribution in [-0.4, -0.2) is 49.2 Å². The molecule has 1 aromatic carbocycles. The first kappa shape index (κ1) is 23.6. The highest BCUT2D eigenvalue weighted by atomic mass is 35.5. The molecule has 1 aliphatic rings. The first-order valence-corrected chi connectivity index (χ1v) is 12.6. The van der Waals surface area contributed by atoms with Crippen molar-refractivity contribution in [2.24, 2.45) is 5.92 Å². The van der Waals surface area contributed by atoms with E-state index in [1.54, 1.807) is 22.4 Å². The molecule has 3 rings (SSSR count). The number of carbonyl (C=O) groups excluding carboxylic acids is 2. The van der Waals surface area contributed by atoms with Crippen molar-refractivity contribution in [3.8, 4) is 0 Å². The molecular formula is C20H24ClN3O5S2. The van der Waals surface area contributed by atoms with Crippen LogP contribution in [0.4, 0.5) is 5.13 Å². The van der Waals surface area contributed by atoms with Crippen LogP contribution in [0.1, 0.15) is 32.4 Å². The van der Waals surface area contributed by atoms with Gasteiger partial charge >= 0.3 is 5.97 Å². The Morgan fingerprint density at radius 1 is 1.26 bits per heavy atom. The molecule has 168 valence electrons. The van der Waals surface area contributed by atoms with Crippen LogP contribution >= 0.6 is 22.9 Å². The fraction of sp³-hybridized carbons (Fsp3) is 0.450. The van der Waals surface area contributed by atoms with Crippen LogP contribution in [0, 0.1) is 5.92 Å². The highest BCUT2D eigenvalue weighted by molar-refractivity contribution is 7.89. The van der Waals surface area contributed by atoms with Crippen molar-refractivity contribution in [3.05, 3.63) is 40.4 Å². The monoisotopic (exact) mass is 485 g/mol. The van der Waals surface area contributed by atoms with Crippen LogP contribution in [0.2, 0.25) is 5.02 Å². The van der Waals surface area contributed by atoms with E-state index in [0.717, 1.165) is 0 Å². The van der Waals surface area contributed by atoms with Gasteiger partial charge in [0.05, 0.1) is 16.5 Å². The molecule has 0 radical (unpaired) electrons. The third-order valence-electron chi connectivity index (χ3n) is 5.07. The van der Waals surface area contributed by atoms with Gasteiger partial charge in [0.2, 0.25) is 15.9 Å². The summed E-state index contributed by atoms with van der Waals surface area (Å²) in [5, 5.41) is 2.80. The Kier molecular flexibility index (Phi) is 7.68. The second kappa shape index (κ2) is 10.1. The van der Waals surface area contributed by atoms with Crippen LogP contribution in [-0.2, 0) is 31.0 Å². The minimum absolute atomic E-state index is 0.0219. The topological polar surface area (TPSA) is 96.9 Å². The van der Waals surface area contributed by atoms with E-state index in [1.165, 1.54) is 34.7 Å². The number of sulfonamides is 1. The summed E-state index contributed by atoms with van der Waals surface area (Å²) in [5.41, 5.74) is 0.579. The normalized spacial score (nSPS) is 15.6. The van der Waals surface area contributed by atoms with Crippen LogP contribution in [0.15, 0.2) is 34.5 Å². The predicted octanol–water partition coefficient (Wildman–Crippen LogP) is 3.31. The zero-order valence-corrected chi connectivity index (χ0v) is 19.7. The van der Waals surface area contributed by atoms with Gasteiger partial charge in [-0.25, -0.2) is 13.4 Å². The van der Waals surface area contributed by atoms with Gasteiger partial charge in [0.25, 0.3) is 0 Å². The van der Waals surface area contributed by atoms with Crippen molar-refractivity contribution in [3.63, 3.8) is 0 Å². The van der Waals surface area contributed by atoms with E-state index in [2.05, 4.69) is 4.98 Å². The van der Waals surface area contributed by atoms with Gasteiger partial charge in [0.1, 0.15) is 6.61 Å². The first-order chi connectivity index (χ1) is 14.7. The lowest BCUT2D eigenvalue weighted by Gasteiger charge is -2.30. The van der Waals surface area contributed by atoms with Crippen molar-refractivity contribution < 1.29 is 22.7 Å². The molecule has 0 spiro atoms. The van der Waals surface area contributed by atoms with Gasteiger partial charge in [0, 0.05) is 37.0 Å². The molecule has 31 heavy (non-hydrogen) atoms. The molecule has 0 atom stereocenters. The summed E-state index contributed by atoms with van der Waals surface area (Å²) in [7, 11) is -3.62. The van der Waals surface area contributed by atoms with Crippen LogP contribution in [0.25, 0.3) is 0 Å². The van der Waals surface area contributed by atoms with Gasteiger partial charge in [0.15, 0.2) is 5.13 Å². The van der Waals surface area contributed by atoms with E-state index in [9.17, 15) is 18.0 Å². The number of hydrogen-bond donors (Lipinski definition) is 0. The number of carbonyl (C=O) groups is 2. The molecule has 0 bridgehead atoms. The zero-order chi connectivity index (χ0) is 22.6. The van der Waals surface area contributed by atoms with Gasteiger partial charge in [-0.3, -0.25) is 14.5 Å². The molecule has 0 N–H and O–H groups in total. The molecule has 2 aromatic rings. The smallest absolute Gasteiger partial charge is 0.309 e. The van der Waals surface area contributed by atoms with E-state index < -0.39 is 10.0 Å². The Labute approximate surface area is 190 Å². The number of hydrogen-bond acceptors (Lipinski definition) is 7. The maximum absolute atomic E-state index is 12.7. The zero-order valence-electron chi connectivity index (χ0n) is 17.3. The lowest BCUT2D eigenvalue weighted by Crippen LogP contribution is -2.40. The quantitative estimate of drug-likeness (QED) is 0.558. The molecule has 0 unspecified atom stereocenters. The van der Waals surface area contributed by atoms with E-state index in [0.29, 0.717) is 35.2 Å². The molecule has 1 aliphatic heterocycles. The fourth-order valence-electron chi connectivity index (χ4n) is 3.33. The Bertz CT molecular complexity index is 1030. The number of aromatic nitrogens is 1. The Balaban J connectivity index is 1.52. The second-order valence-corrected chi connectivity index (χ2v) is 10.3. The van der Waals surface area contributed by atoms with Gasteiger partial charge in [-0.1, -0.05) is 11.6 Å². The molecule has 1 fully saturated rings. The average molecular weight is 486 g/mol. The van der Waals surface area contributed by atoms with Crippen molar-refractivity contribution >= 4 is 50.0 Å². The molecule has 1 aromatic heterocycles. The fourth-order valence-corrected chi connectivity index (χ4v) is 5.84. The van der Waals surface area contributed by atoms with Gasteiger partial charge in [-0.15, -0.1) is 11.3 Å². The van der Waals surface area contributed by atoms with Gasteiger partial charge in [-0.2, -0.15) is 4.31 Å². The molecule has 8 nitrogen and oxygen atoms in total. The summed E-state index contributed by atoms with van der Waals surface area (Å²) in [6.45, 7) is 4.37. The maximum atomic E-state index is 12.7. The Hall–Kier alpha value is -2.01. The average Bonchev–Trinajstić information content (AvgIpc) is 3.21. The van der Waals surface area contributed by atoms with Crippen molar-refractivity contribution in [2.75, 3.05) is 24.5 Å². The standard InChI is InChI=1S/C20H24ClN3O5S2/c1-3-24(14(2)25)20-22-17(13-30-20)12-29-19(26)15-8-10-23(11-9-15)31(27,28)18-6-4-16(21)5-7-18/h4-7,13,15H,3,8-12H2,1-2H3. The summed E-state index contributed by atoms with van der Waals surface area (Å²) in [5.74, 6) is -0.822. The summed E-state index contributed by atoms with van der Waals surface area (Å²) >= 11 is 7.15. The molecule has 0 aliphatic carbocycles. The lowest BCUT2D eigenvalue weighted by molar-refractivity contribution is -0.151. The number of nitrogens with zero attached hydrogens (tertiary/aromatic N) is 3.